The van der Waals surface area contributed by atoms with Crippen LogP contribution >= 0.6 is 11.8 Å². The van der Waals surface area contributed by atoms with Gasteiger partial charge in [0, 0.05) is 18.8 Å². The number of sulfonamides is 1. The number of hydrogen-bond acceptors (Lipinski definition) is 5. The molecule has 0 atom stereocenters. The highest BCUT2D eigenvalue weighted by molar-refractivity contribution is 8.00. The Balaban J connectivity index is 1.31. The number of piperidine rings is 1. The van der Waals surface area contributed by atoms with E-state index in [2.05, 4.69) is 17.4 Å². The Labute approximate surface area is 193 Å². The SMILES string of the molecule is O=C(CN1CSCC1=O)Nc1ccc(S(=O)(=O)N2CCC(Cc3ccccc3)CC2)cc1. The van der Waals surface area contributed by atoms with E-state index in [0.717, 1.165) is 19.3 Å². The number of hydrogen-bond donors (Lipinski definition) is 1. The average molecular weight is 474 g/mol. The third-order valence-electron chi connectivity index (χ3n) is 5.88. The zero-order chi connectivity index (χ0) is 22.6. The first-order valence-electron chi connectivity index (χ1n) is 10.7. The largest absolute Gasteiger partial charge is 0.325 e. The van der Waals surface area contributed by atoms with Crippen molar-refractivity contribution in [3.63, 3.8) is 0 Å². The van der Waals surface area contributed by atoms with Gasteiger partial charge in [-0.1, -0.05) is 30.3 Å². The summed E-state index contributed by atoms with van der Waals surface area (Å²) in [5, 5.41) is 2.73. The first-order valence-corrected chi connectivity index (χ1v) is 13.3. The van der Waals surface area contributed by atoms with Gasteiger partial charge in [0.25, 0.3) is 0 Å². The van der Waals surface area contributed by atoms with Gasteiger partial charge >= 0.3 is 0 Å². The molecule has 2 aliphatic heterocycles. The van der Waals surface area contributed by atoms with E-state index < -0.39 is 10.0 Å². The third-order valence-corrected chi connectivity index (χ3v) is 8.73. The predicted octanol–water partition coefficient (Wildman–Crippen LogP) is 2.80. The topological polar surface area (TPSA) is 86.8 Å². The van der Waals surface area contributed by atoms with Gasteiger partial charge < -0.3 is 10.2 Å². The van der Waals surface area contributed by atoms with Crippen molar-refractivity contribution >= 4 is 39.3 Å². The molecule has 32 heavy (non-hydrogen) atoms. The van der Waals surface area contributed by atoms with Crippen molar-refractivity contribution in [3.8, 4) is 0 Å². The van der Waals surface area contributed by atoms with Crippen LogP contribution in [0.3, 0.4) is 0 Å². The van der Waals surface area contributed by atoms with E-state index in [1.165, 1.54) is 34.4 Å². The number of carbonyl (C=O) groups is 2. The van der Waals surface area contributed by atoms with Gasteiger partial charge in [0.05, 0.1) is 16.5 Å². The molecule has 0 saturated carbocycles. The molecule has 2 aliphatic rings. The quantitative estimate of drug-likeness (QED) is 0.668. The monoisotopic (exact) mass is 473 g/mol. The molecule has 0 aromatic heterocycles. The first-order chi connectivity index (χ1) is 15.4. The van der Waals surface area contributed by atoms with E-state index in [1.807, 2.05) is 18.2 Å². The van der Waals surface area contributed by atoms with Gasteiger partial charge in [0.15, 0.2) is 0 Å². The standard InChI is InChI=1S/C23H27N3O4S2/c27-22(15-25-17-31-16-23(25)28)24-20-6-8-21(9-7-20)32(29,30)26-12-10-19(11-13-26)14-18-4-2-1-3-5-18/h1-9,19H,10-17H2,(H,24,27). The summed E-state index contributed by atoms with van der Waals surface area (Å²) in [7, 11) is -3.56. The van der Waals surface area contributed by atoms with Crippen molar-refractivity contribution in [3.05, 3.63) is 60.2 Å². The Morgan fingerprint density at radius 1 is 1.03 bits per heavy atom. The number of nitrogens with one attached hydrogen (secondary N) is 1. The zero-order valence-electron chi connectivity index (χ0n) is 17.8. The number of amides is 2. The number of rotatable bonds is 7. The van der Waals surface area contributed by atoms with Crippen molar-refractivity contribution in [1.29, 1.82) is 0 Å². The molecule has 0 spiro atoms. The van der Waals surface area contributed by atoms with Crippen molar-refractivity contribution < 1.29 is 18.0 Å². The molecule has 2 amide bonds. The number of nitrogens with zero attached hydrogens (tertiary/aromatic N) is 2. The normalized spacial score (nSPS) is 18.1. The average Bonchev–Trinajstić information content (AvgIpc) is 3.19. The van der Waals surface area contributed by atoms with Gasteiger partial charge in [-0.05, 0) is 55.0 Å². The molecule has 2 saturated heterocycles. The molecular formula is C23H27N3O4S2. The summed E-state index contributed by atoms with van der Waals surface area (Å²) in [4.78, 5) is 25.5. The second kappa shape index (κ2) is 10.1. The molecule has 2 aromatic rings. The highest BCUT2D eigenvalue weighted by Crippen LogP contribution is 2.27. The van der Waals surface area contributed by atoms with E-state index in [-0.39, 0.29) is 23.3 Å². The van der Waals surface area contributed by atoms with Crippen LogP contribution in [0.2, 0.25) is 0 Å². The molecule has 0 radical (unpaired) electrons. The van der Waals surface area contributed by atoms with Crippen LogP contribution in [0.25, 0.3) is 0 Å². The lowest BCUT2D eigenvalue weighted by Gasteiger charge is -2.31. The molecule has 0 bridgehead atoms. The van der Waals surface area contributed by atoms with Gasteiger partial charge in [0.1, 0.15) is 6.54 Å². The van der Waals surface area contributed by atoms with Crippen molar-refractivity contribution in [1.82, 2.24) is 9.21 Å². The Kier molecular flexibility index (Phi) is 7.17. The first kappa shape index (κ1) is 22.8. The van der Waals surface area contributed by atoms with Crippen LogP contribution in [0.5, 0.6) is 0 Å². The lowest BCUT2D eigenvalue weighted by atomic mass is 9.91. The summed E-state index contributed by atoms with van der Waals surface area (Å²) >= 11 is 1.48. The number of thioether (sulfide) groups is 1. The molecule has 1 N–H and O–H groups in total. The summed E-state index contributed by atoms with van der Waals surface area (Å²) in [6.07, 6.45) is 2.66. The van der Waals surface area contributed by atoms with Crippen LogP contribution in [0.1, 0.15) is 18.4 Å². The van der Waals surface area contributed by atoms with Gasteiger partial charge in [0.2, 0.25) is 21.8 Å². The Morgan fingerprint density at radius 2 is 1.72 bits per heavy atom. The Bertz CT molecular complexity index is 1050. The summed E-state index contributed by atoms with van der Waals surface area (Å²) < 4.78 is 27.6. The van der Waals surface area contributed by atoms with Crippen LogP contribution in [0.4, 0.5) is 5.69 Å². The molecule has 170 valence electrons. The fourth-order valence-corrected chi connectivity index (χ4v) is 6.45. The lowest BCUT2D eigenvalue weighted by molar-refractivity contribution is -0.130. The summed E-state index contributed by atoms with van der Waals surface area (Å²) in [5.74, 6) is 1.08. The van der Waals surface area contributed by atoms with E-state index in [4.69, 9.17) is 0 Å². The lowest BCUT2D eigenvalue weighted by Crippen LogP contribution is -2.38. The molecule has 9 heteroatoms. The molecule has 7 nitrogen and oxygen atoms in total. The molecule has 2 fully saturated rings. The molecule has 0 aliphatic carbocycles. The molecule has 4 rings (SSSR count). The van der Waals surface area contributed by atoms with E-state index in [0.29, 0.717) is 36.3 Å². The molecular weight excluding hydrogens is 446 g/mol. The number of anilines is 1. The van der Waals surface area contributed by atoms with Crippen LogP contribution in [0, 0.1) is 5.92 Å². The molecule has 2 aromatic carbocycles. The third kappa shape index (κ3) is 5.51. The van der Waals surface area contributed by atoms with Crippen LogP contribution in [-0.4, -0.2) is 60.7 Å². The van der Waals surface area contributed by atoms with Crippen molar-refractivity contribution in [2.75, 3.05) is 36.6 Å². The second-order valence-corrected chi connectivity index (χ2v) is 11.1. The minimum atomic E-state index is -3.56. The second-order valence-electron chi connectivity index (χ2n) is 8.18. The minimum absolute atomic E-state index is 0.00378. The van der Waals surface area contributed by atoms with Gasteiger partial charge in [-0.25, -0.2) is 8.42 Å². The maximum absolute atomic E-state index is 13.0. The highest BCUT2D eigenvalue weighted by atomic mass is 32.2. The molecule has 0 unspecified atom stereocenters. The summed E-state index contributed by atoms with van der Waals surface area (Å²) in [5.41, 5.74) is 1.80. The highest BCUT2D eigenvalue weighted by Gasteiger charge is 2.29. The predicted molar refractivity (Wildman–Crippen MR) is 126 cm³/mol. The number of benzene rings is 2. The van der Waals surface area contributed by atoms with E-state index >= 15 is 0 Å². The number of carbonyl (C=O) groups excluding carboxylic acids is 2. The van der Waals surface area contributed by atoms with Crippen molar-refractivity contribution in [2.24, 2.45) is 5.92 Å². The van der Waals surface area contributed by atoms with Crippen molar-refractivity contribution in [2.45, 2.75) is 24.2 Å². The van der Waals surface area contributed by atoms with E-state index in [1.54, 1.807) is 16.4 Å². The van der Waals surface area contributed by atoms with Crippen LogP contribution < -0.4 is 5.32 Å². The van der Waals surface area contributed by atoms with Crippen LogP contribution in [-0.2, 0) is 26.0 Å². The van der Waals surface area contributed by atoms with Gasteiger partial charge in [-0.3, -0.25) is 9.59 Å². The fraction of sp³-hybridized carbons (Fsp3) is 0.391. The van der Waals surface area contributed by atoms with Gasteiger partial charge in [-0.2, -0.15) is 4.31 Å². The fourth-order valence-electron chi connectivity index (χ4n) is 4.07. The minimum Gasteiger partial charge on any atom is -0.325 e. The molecule has 2 heterocycles. The Hall–Kier alpha value is -2.36. The maximum atomic E-state index is 13.0. The summed E-state index contributed by atoms with van der Waals surface area (Å²) in [6.45, 7) is 1.03. The zero-order valence-corrected chi connectivity index (χ0v) is 19.4. The van der Waals surface area contributed by atoms with Gasteiger partial charge in [-0.15, -0.1) is 11.8 Å². The summed E-state index contributed by atoms with van der Waals surface area (Å²) in [6, 6.07) is 16.5. The van der Waals surface area contributed by atoms with Crippen LogP contribution in [0.15, 0.2) is 59.5 Å². The Morgan fingerprint density at radius 3 is 2.34 bits per heavy atom. The van der Waals surface area contributed by atoms with E-state index in [9.17, 15) is 18.0 Å². The smallest absolute Gasteiger partial charge is 0.244 e. The maximum Gasteiger partial charge on any atom is 0.244 e.